The van der Waals surface area contributed by atoms with E-state index in [9.17, 15) is 18.6 Å². The number of rotatable bonds is 12. The van der Waals surface area contributed by atoms with Gasteiger partial charge in [-0.1, -0.05) is 12.8 Å². The van der Waals surface area contributed by atoms with Crippen LogP contribution in [0.5, 0.6) is 0 Å². The fraction of sp³-hybridized carbons (Fsp3) is 0.864. The zero-order valence-electron chi connectivity index (χ0n) is 22.8. The molecule has 1 saturated heterocycles. The average Bonchev–Trinajstić information content (AvgIpc) is 2.92. The van der Waals surface area contributed by atoms with E-state index >= 15 is 0 Å². The fourth-order valence-corrected chi connectivity index (χ4v) is 3.90. The number of esters is 1. The van der Waals surface area contributed by atoms with Gasteiger partial charge < -0.3 is 37.0 Å². The minimum atomic E-state index is -2.36. The molecule has 2 amide bonds. The molecule has 1 fully saturated rings. The van der Waals surface area contributed by atoms with Crippen LogP contribution in [-0.2, 0) is 47.7 Å². The number of hydrogen-bond acceptors (Lipinski definition) is 11. The van der Waals surface area contributed by atoms with Crippen molar-refractivity contribution in [3.05, 3.63) is 0 Å². The molecule has 0 radical (unpaired) electrons. The van der Waals surface area contributed by atoms with Crippen LogP contribution in [0.1, 0.15) is 81.6 Å². The number of hydroxylamine groups is 1. The van der Waals surface area contributed by atoms with Gasteiger partial charge in [-0.2, -0.15) is 0 Å². The van der Waals surface area contributed by atoms with Crippen molar-refractivity contribution >= 4 is 36.0 Å². The van der Waals surface area contributed by atoms with Crippen LogP contribution in [-0.4, -0.2) is 60.6 Å². The van der Waals surface area contributed by atoms with Crippen LogP contribution in [0.25, 0.3) is 0 Å². The van der Waals surface area contributed by atoms with Crippen molar-refractivity contribution in [2.45, 2.75) is 110 Å². The summed E-state index contributed by atoms with van der Waals surface area (Å²) in [5.74, 6) is -1.19. The summed E-state index contributed by atoms with van der Waals surface area (Å²) in [7, 11) is -2.75. The topological polar surface area (TPSA) is 151 Å². The molecule has 208 valence electrons. The second kappa shape index (κ2) is 13.1. The maximum absolute atomic E-state index is 12.9. The number of nitrogens with one attached hydrogen (secondary N) is 2. The van der Waals surface area contributed by atoms with Crippen molar-refractivity contribution in [2.75, 3.05) is 13.2 Å². The number of nitrogens with zero attached hydrogens (tertiary/aromatic N) is 1. The molecule has 1 unspecified atom stereocenters. The van der Waals surface area contributed by atoms with Crippen molar-refractivity contribution in [3.8, 4) is 0 Å². The first-order valence-corrected chi connectivity index (χ1v) is 13.0. The molecule has 0 spiro atoms. The molecular formula is C22H41BN3O9S-. The zero-order valence-corrected chi connectivity index (χ0v) is 23.7. The smallest absolute Gasteiger partial charge is 0.457 e. The van der Waals surface area contributed by atoms with Gasteiger partial charge in [-0.05, 0) is 79.0 Å². The Hall–Kier alpha value is -1.90. The van der Waals surface area contributed by atoms with Gasteiger partial charge in [0.05, 0.1) is 17.8 Å². The lowest BCUT2D eigenvalue weighted by atomic mass is 9.80. The quantitative estimate of drug-likeness (QED) is 0.126. The van der Waals surface area contributed by atoms with Gasteiger partial charge in [-0.3, -0.25) is 4.79 Å². The maximum Gasteiger partial charge on any atom is 0.457 e. The molecule has 1 atom stereocenters. The molecule has 36 heavy (non-hydrogen) atoms. The van der Waals surface area contributed by atoms with Gasteiger partial charge in [0, 0.05) is 13.5 Å². The van der Waals surface area contributed by atoms with Crippen molar-refractivity contribution in [1.82, 2.24) is 10.8 Å². The van der Waals surface area contributed by atoms with E-state index in [1.165, 1.54) is 6.92 Å². The highest BCUT2D eigenvalue weighted by molar-refractivity contribution is 7.69. The Balaban J connectivity index is 2.86. The second-order valence-corrected chi connectivity index (χ2v) is 11.5. The largest absolute Gasteiger partial charge is 0.464 e. The van der Waals surface area contributed by atoms with E-state index in [0.717, 1.165) is 0 Å². The second-order valence-electron chi connectivity index (χ2n) is 10.6. The van der Waals surface area contributed by atoms with Gasteiger partial charge in [0.1, 0.15) is 5.60 Å². The zero-order chi connectivity index (χ0) is 27.8. The summed E-state index contributed by atoms with van der Waals surface area (Å²) in [6.45, 7) is 15.4. The molecule has 1 rings (SSSR count). The SMILES string of the molecule is CCOC(=O)C(CCCCB1OC(C)(C)C(C)(C)O1)(CN=[S-](=O)ONC(=O)OC(C)(C)C)NC(C)=O. The molecule has 12 nitrogen and oxygen atoms in total. The first kappa shape index (κ1) is 32.1. The highest BCUT2D eigenvalue weighted by Gasteiger charge is 2.50. The monoisotopic (exact) mass is 534 g/mol. The lowest BCUT2D eigenvalue weighted by Gasteiger charge is -2.32. The Kier molecular flexibility index (Phi) is 11.7. The summed E-state index contributed by atoms with van der Waals surface area (Å²) in [6.07, 6.45) is 0.898. The number of carbonyl (C=O) groups excluding carboxylic acids is 3. The summed E-state index contributed by atoms with van der Waals surface area (Å²) in [4.78, 5) is 36.5. The summed E-state index contributed by atoms with van der Waals surface area (Å²) in [6, 6.07) is 0. The Morgan fingerprint density at radius 3 is 2.14 bits per heavy atom. The molecule has 0 bridgehead atoms. The Morgan fingerprint density at radius 1 is 1.06 bits per heavy atom. The molecule has 1 aliphatic rings. The fourth-order valence-electron chi connectivity index (χ4n) is 3.38. The van der Waals surface area contributed by atoms with E-state index < -0.39 is 64.9 Å². The minimum absolute atomic E-state index is 0.0773. The van der Waals surface area contributed by atoms with E-state index in [1.54, 1.807) is 27.7 Å². The van der Waals surface area contributed by atoms with Crippen molar-refractivity contribution in [2.24, 2.45) is 4.36 Å². The molecular weight excluding hydrogens is 493 g/mol. The predicted octanol–water partition coefficient (Wildman–Crippen LogP) is 3.21. The van der Waals surface area contributed by atoms with Crippen LogP contribution in [0.3, 0.4) is 0 Å². The standard InChI is InChI=1S/C22H41BN3O9S/c1-10-31-17(28)22(25-16(2)27,15-24-36(30)35-26-18(29)32-19(3,4)5)13-11-12-14-23-33-20(6,7)21(8,9)34-23/h10-15H2,1-9H3,(H,25,27)(H,26,29)/q-1. The van der Waals surface area contributed by atoms with E-state index in [-0.39, 0.29) is 13.0 Å². The van der Waals surface area contributed by atoms with Crippen LogP contribution in [0, 0.1) is 0 Å². The third kappa shape index (κ3) is 10.2. The van der Waals surface area contributed by atoms with E-state index in [0.29, 0.717) is 19.2 Å². The molecule has 0 aromatic carbocycles. The highest BCUT2D eigenvalue weighted by Crippen LogP contribution is 2.38. The summed E-state index contributed by atoms with van der Waals surface area (Å²) >= 11 is 0. The third-order valence-corrected chi connectivity index (χ3v) is 6.28. The third-order valence-electron chi connectivity index (χ3n) is 5.71. The molecule has 0 aromatic rings. The van der Waals surface area contributed by atoms with Crippen LogP contribution in [0.4, 0.5) is 4.79 Å². The lowest BCUT2D eigenvalue weighted by molar-refractivity contribution is -0.153. The number of unbranched alkanes of at least 4 members (excludes halogenated alkanes) is 1. The van der Waals surface area contributed by atoms with Crippen molar-refractivity contribution < 1.29 is 41.7 Å². The van der Waals surface area contributed by atoms with Gasteiger partial charge in [-0.25, -0.2) is 15.1 Å². The van der Waals surface area contributed by atoms with Gasteiger partial charge in [0.15, 0.2) is 5.54 Å². The molecule has 1 heterocycles. The first-order chi connectivity index (χ1) is 16.4. The Morgan fingerprint density at radius 2 is 1.64 bits per heavy atom. The van der Waals surface area contributed by atoms with Crippen LogP contribution >= 0.6 is 0 Å². The van der Waals surface area contributed by atoms with E-state index in [2.05, 4.69) is 9.68 Å². The number of amides is 2. The van der Waals surface area contributed by atoms with Gasteiger partial charge in [0.2, 0.25) is 5.91 Å². The Bertz CT molecular complexity index is 853. The Labute approximate surface area is 216 Å². The minimum Gasteiger partial charge on any atom is -0.464 e. The average molecular weight is 534 g/mol. The van der Waals surface area contributed by atoms with Crippen LogP contribution in [0.2, 0.25) is 6.32 Å². The molecule has 0 saturated carbocycles. The molecule has 14 heteroatoms. The maximum atomic E-state index is 12.9. The normalized spacial score (nSPS) is 19.3. The summed E-state index contributed by atoms with van der Waals surface area (Å²) in [5.41, 5.74) is -1.36. The first-order valence-electron chi connectivity index (χ1n) is 12.0. The number of hydrogen-bond donors (Lipinski definition) is 2. The van der Waals surface area contributed by atoms with E-state index in [4.69, 9.17) is 23.1 Å². The van der Waals surface area contributed by atoms with Crippen molar-refractivity contribution in [1.29, 1.82) is 0 Å². The van der Waals surface area contributed by atoms with Crippen molar-refractivity contribution in [3.63, 3.8) is 0 Å². The highest BCUT2D eigenvalue weighted by atomic mass is 32.2. The summed E-state index contributed by atoms with van der Waals surface area (Å²) in [5, 5.41) is 2.61. The lowest BCUT2D eigenvalue weighted by Crippen LogP contribution is -2.57. The molecule has 0 aromatic heterocycles. The summed E-state index contributed by atoms with van der Waals surface area (Å²) < 4.78 is 42.9. The van der Waals surface area contributed by atoms with Gasteiger partial charge in [0.25, 0.3) is 0 Å². The van der Waals surface area contributed by atoms with E-state index in [1.807, 2.05) is 33.2 Å². The number of ether oxygens (including phenoxy) is 2. The molecule has 2 N–H and O–H groups in total. The van der Waals surface area contributed by atoms with Crippen LogP contribution in [0.15, 0.2) is 4.36 Å². The molecule has 1 aliphatic heterocycles. The number of carbonyl (C=O) groups is 3. The predicted molar refractivity (Wildman–Crippen MR) is 134 cm³/mol. The van der Waals surface area contributed by atoms with Gasteiger partial charge in [-0.15, -0.1) is 0 Å². The van der Waals surface area contributed by atoms with Gasteiger partial charge >= 0.3 is 19.2 Å². The molecule has 0 aliphatic carbocycles. The van der Waals surface area contributed by atoms with Crippen LogP contribution < -0.4 is 10.8 Å².